The van der Waals surface area contributed by atoms with E-state index < -0.39 is 17.5 Å². The monoisotopic (exact) mass is 480 g/mol. The van der Waals surface area contributed by atoms with Gasteiger partial charge in [-0.3, -0.25) is 14.9 Å². The number of nitrogens with one attached hydrogen (secondary N) is 3. The van der Waals surface area contributed by atoms with Crippen molar-refractivity contribution in [2.75, 3.05) is 0 Å². The van der Waals surface area contributed by atoms with Crippen molar-refractivity contribution < 1.29 is 9.59 Å². The molecule has 3 amide bonds. The molecule has 3 N–H and O–H groups in total. The maximum atomic E-state index is 13.0. The summed E-state index contributed by atoms with van der Waals surface area (Å²) in [6.45, 7) is 15.7. The van der Waals surface area contributed by atoms with Crippen LogP contribution in [0, 0.1) is 6.92 Å². The molecule has 0 spiro atoms. The number of carbonyl (C=O) groups is 2. The number of hydrogen-bond acceptors (Lipinski definition) is 5. The van der Waals surface area contributed by atoms with Crippen LogP contribution in [0.1, 0.15) is 61.8 Å². The SMILES string of the molecule is C=C(C)c1cccc(C(C)(C)NC(=O)NNC(=O)c2cnc3c(c(C)nn3C)c2SC(C)C)c1. The smallest absolute Gasteiger partial charge is 0.328 e. The van der Waals surface area contributed by atoms with Crippen LogP contribution >= 0.6 is 11.8 Å². The largest absolute Gasteiger partial charge is 0.334 e. The minimum atomic E-state index is -0.674. The summed E-state index contributed by atoms with van der Waals surface area (Å²) >= 11 is 1.57. The molecule has 9 heteroatoms. The Morgan fingerprint density at radius 3 is 2.56 bits per heavy atom. The molecule has 0 radical (unpaired) electrons. The number of aryl methyl sites for hydroxylation is 2. The number of fused-ring (bicyclic) bond motifs is 1. The average Bonchev–Trinajstić information content (AvgIpc) is 3.05. The molecule has 0 unspecified atom stereocenters. The maximum Gasteiger partial charge on any atom is 0.334 e. The van der Waals surface area contributed by atoms with E-state index in [4.69, 9.17) is 0 Å². The summed E-state index contributed by atoms with van der Waals surface area (Å²) in [5.74, 6) is -0.446. The highest BCUT2D eigenvalue weighted by Gasteiger charge is 2.25. The van der Waals surface area contributed by atoms with Crippen LogP contribution in [-0.4, -0.2) is 32.0 Å². The maximum absolute atomic E-state index is 13.0. The normalized spacial score (nSPS) is 11.5. The van der Waals surface area contributed by atoms with Gasteiger partial charge in [-0.05, 0) is 44.9 Å². The molecule has 180 valence electrons. The first-order chi connectivity index (χ1) is 15.9. The zero-order valence-electron chi connectivity index (χ0n) is 20.7. The molecule has 0 aliphatic rings. The van der Waals surface area contributed by atoms with Crippen molar-refractivity contribution in [2.24, 2.45) is 7.05 Å². The molecule has 0 saturated carbocycles. The molecule has 2 aromatic heterocycles. The third-order valence-electron chi connectivity index (χ3n) is 5.37. The first kappa shape index (κ1) is 25.3. The fraction of sp³-hybridized carbons (Fsp3) is 0.360. The van der Waals surface area contributed by atoms with E-state index in [0.717, 1.165) is 32.7 Å². The topological polar surface area (TPSA) is 101 Å². The van der Waals surface area contributed by atoms with Gasteiger partial charge in [-0.25, -0.2) is 15.2 Å². The fourth-order valence-electron chi connectivity index (χ4n) is 3.64. The number of rotatable bonds is 6. The van der Waals surface area contributed by atoms with Gasteiger partial charge in [0.05, 0.1) is 22.2 Å². The first-order valence-corrected chi connectivity index (χ1v) is 11.9. The summed E-state index contributed by atoms with van der Waals surface area (Å²) in [4.78, 5) is 30.9. The second kappa shape index (κ2) is 9.89. The number of pyridine rings is 1. The Morgan fingerprint density at radius 1 is 1.21 bits per heavy atom. The molecule has 8 nitrogen and oxygen atoms in total. The van der Waals surface area contributed by atoms with Gasteiger partial charge in [-0.2, -0.15) is 5.10 Å². The van der Waals surface area contributed by atoms with Crippen LogP contribution < -0.4 is 16.2 Å². The van der Waals surface area contributed by atoms with Gasteiger partial charge < -0.3 is 5.32 Å². The van der Waals surface area contributed by atoms with Crippen LogP contribution in [0.5, 0.6) is 0 Å². The zero-order chi connectivity index (χ0) is 25.2. The van der Waals surface area contributed by atoms with E-state index in [2.05, 4.69) is 46.7 Å². The number of nitrogens with zero attached hydrogens (tertiary/aromatic N) is 3. The minimum absolute atomic E-state index is 0.240. The molecule has 0 bridgehead atoms. The Labute approximate surface area is 204 Å². The summed E-state index contributed by atoms with van der Waals surface area (Å²) in [5.41, 5.74) is 9.07. The van der Waals surface area contributed by atoms with E-state index in [-0.39, 0.29) is 5.25 Å². The van der Waals surface area contributed by atoms with Gasteiger partial charge in [0.2, 0.25) is 0 Å². The highest BCUT2D eigenvalue weighted by Crippen LogP contribution is 2.34. The third kappa shape index (κ3) is 5.41. The van der Waals surface area contributed by atoms with Crippen LogP contribution in [0.4, 0.5) is 4.79 Å². The number of hydrazine groups is 1. The van der Waals surface area contributed by atoms with E-state index in [1.165, 1.54) is 6.20 Å². The lowest BCUT2D eigenvalue weighted by Crippen LogP contribution is -2.52. The number of benzene rings is 1. The van der Waals surface area contributed by atoms with Crippen molar-refractivity contribution in [2.45, 2.75) is 57.2 Å². The first-order valence-electron chi connectivity index (χ1n) is 11.0. The average molecular weight is 481 g/mol. The fourth-order valence-corrected chi connectivity index (χ4v) is 4.74. The van der Waals surface area contributed by atoms with Crippen LogP contribution in [0.25, 0.3) is 16.6 Å². The summed E-state index contributed by atoms with van der Waals surface area (Å²) in [6, 6.07) is 7.32. The van der Waals surface area contributed by atoms with Gasteiger partial charge in [-0.1, -0.05) is 44.2 Å². The van der Waals surface area contributed by atoms with Gasteiger partial charge in [-0.15, -0.1) is 11.8 Å². The molecule has 3 aromatic rings. The molecule has 34 heavy (non-hydrogen) atoms. The van der Waals surface area contributed by atoms with Gasteiger partial charge in [0, 0.05) is 23.4 Å². The molecule has 0 atom stereocenters. The number of urea groups is 1. The Morgan fingerprint density at radius 2 is 1.91 bits per heavy atom. The number of thioether (sulfide) groups is 1. The molecular weight excluding hydrogens is 448 g/mol. The molecule has 3 rings (SSSR count). The van der Waals surface area contributed by atoms with Gasteiger partial charge >= 0.3 is 6.03 Å². The number of amides is 3. The molecule has 0 fully saturated rings. The summed E-state index contributed by atoms with van der Waals surface area (Å²) in [6.07, 6.45) is 1.52. The van der Waals surface area contributed by atoms with Gasteiger partial charge in [0.1, 0.15) is 0 Å². The standard InChI is InChI=1S/C25H32N6O2S/c1-14(2)17-10-9-11-18(12-17)25(6,7)27-24(33)29-28-23(32)19-13-26-22-20(16(5)30-31(22)8)21(19)34-15(3)4/h9-13,15H,1H2,2-8H3,(H,28,32)(H2,27,29,33). The second-order valence-electron chi connectivity index (χ2n) is 9.09. The Hall–Kier alpha value is -3.33. The summed E-state index contributed by atoms with van der Waals surface area (Å²) in [5, 5.41) is 8.43. The molecule has 2 heterocycles. The van der Waals surface area contributed by atoms with Crippen LogP contribution in [0.15, 0.2) is 41.9 Å². The van der Waals surface area contributed by atoms with Crippen LogP contribution in [0.3, 0.4) is 0 Å². The van der Waals surface area contributed by atoms with E-state index in [0.29, 0.717) is 11.2 Å². The molecule has 0 aliphatic heterocycles. The van der Waals surface area contributed by atoms with E-state index in [1.54, 1.807) is 16.4 Å². The quantitative estimate of drug-likeness (QED) is 0.351. The second-order valence-corrected chi connectivity index (χ2v) is 10.7. The van der Waals surface area contributed by atoms with Gasteiger partial charge in [0.15, 0.2) is 5.65 Å². The number of aromatic nitrogens is 3. The van der Waals surface area contributed by atoms with Crippen molar-refractivity contribution in [3.63, 3.8) is 0 Å². The van der Waals surface area contributed by atoms with Crippen molar-refractivity contribution >= 4 is 40.3 Å². The van der Waals surface area contributed by atoms with E-state index >= 15 is 0 Å². The van der Waals surface area contributed by atoms with Crippen molar-refractivity contribution in [1.29, 1.82) is 0 Å². The summed E-state index contributed by atoms with van der Waals surface area (Å²) in [7, 11) is 1.82. The predicted molar refractivity (Wildman–Crippen MR) is 138 cm³/mol. The molecule has 0 saturated heterocycles. The minimum Gasteiger partial charge on any atom is -0.328 e. The zero-order valence-corrected chi connectivity index (χ0v) is 21.6. The molecular formula is C25H32N6O2S. The van der Waals surface area contributed by atoms with Gasteiger partial charge in [0.25, 0.3) is 5.91 Å². The molecule has 1 aromatic carbocycles. The Balaban J connectivity index is 1.76. The third-order valence-corrected chi connectivity index (χ3v) is 6.50. The summed E-state index contributed by atoms with van der Waals surface area (Å²) < 4.78 is 1.70. The highest BCUT2D eigenvalue weighted by atomic mass is 32.2. The van der Waals surface area contributed by atoms with E-state index in [1.807, 2.05) is 59.0 Å². The van der Waals surface area contributed by atoms with Crippen molar-refractivity contribution in [1.82, 2.24) is 30.9 Å². The lowest BCUT2D eigenvalue weighted by Gasteiger charge is -2.27. The Kier molecular flexibility index (Phi) is 7.35. The predicted octanol–water partition coefficient (Wildman–Crippen LogP) is 4.69. The van der Waals surface area contributed by atoms with Crippen LogP contribution in [-0.2, 0) is 12.6 Å². The van der Waals surface area contributed by atoms with Crippen LogP contribution in [0.2, 0.25) is 0 Å². The molecule has 0 aliphatic carbocycles. The van der Waals surface area contributed by atoms with E-state index in [9.17, 15) is 9.59 Å². The van der Waals surface area contributed by atoms with Crippen molar-refractivity contribution in [3.05, 3.63) is 59.4 Å². The Bertz CT molecular complexity index is 1260. The lowest BCUT2D eigenvalue weighted by atomic mass is 9.92. The number of hydrogen-bond donors (Lipinski definition) is 3. The lowest BCUT2D eigenvalue weighted by molar-refractivity contribution is 0.0932. The van der Waals surface area contributed by atoms with Crippen molar-refractivity contribution in [3.8, 4) is 0 Å². The highest BCUT2D eigenvalue weighted by molar-refractivity contribution is 8.00. The number of carbonyl (C=O) groups excluding carboxylic acids is 2. The number of allylic oxidation sites excluding steroid dienone is 1.